The summed E-state index contributed by atoms with van der Waals surface area (Å²) in [6.45, 7) is 2.26. The Morgan fingerprint density at radius 2 is 1.96 bits per heavy atom. The normalized spacial score (nSPS) is 14.6. The predicted octanol–water partition coefficient (Wildman–Crippen LogP) is 2.12. The fourth-order valence-corrected chi connectivity index (χ4v) is 3.24. The number of carbonyl (C=O) groups excluding carboxylic acids is 1. The summed E-state index contributed by atoms with van der Waals surface area (Å²) in [4.78, 5) is 19.3. The van der Waals surface area contributed by atoms with E-state index in [0.717, 1.165) is 22.3 Å². The molecule has 0 spiro atoms. The number of rotatable bonds is 3. The van der Waals surface area contributed by atoms with Gasteiger partial charge in [0.05, 0.1) is 26.5 Å². The molecular weight excluding hydrogens is 332 g/mol. The van der Waals surface area contributed by atoms with Gasteiger partial charge in [0.1, 0.15) is 11.4 Å². The van der Waals surface area contributed by atoms with E-state index in [2.05, 4.69) is 10.1 Å². The number of morpholine rings is 1. The number of para-hydroxylation sites is 1. The van der Waals surface area contributed by atoms with Crippen LogP contribution in [0.2, 0.25) is 0 Å². The zero-order valence-corrected chi connectivity index (χ0v) is 14.8. The third-order valence-electron chi connectivity index (χ3n) is 4.62. The number of nitrogens with zero attached hydrogens (tertiary/aromatic N) is 4. The molecule has 2 aromatic heterocycles. The summed E-state index contributed by atoms with van der Waals surface area (Å²) in [6, 6.07) is 9.58. The van der Waals surface area contributed by atoms with Crippen LogP contribution in [0.25, 0.3) is 22.2 Å². The number of hydrogen-bond acceptors (Lipinski definition) is 5. The van der Waals surface area contributed by atoms with E-state index in [0.29, 0.717) is 37.6 Å². The Kier molecular flexibility index (Phi) is 4.30. The van der Waals surface area contributed by atoms with Crippen molar-refractivity contribution < 1.29 is 14.3 Å². The van der Waals surface area contributed by atoms with E-state index >= 15 is 0 Å². The molecule has 0 bridgehead atoms. The highest BCUT2D eigenvalue weighted by Gasteiger charge is 2.23. The van der Waals surface area contributed by atoms with Crippen molar-refractivity contribution in [2.24, 2.45) is 7.05 Å². The largest absolute Gasteiger partial charge is 0.496 e. The van der Waals surface area contributed by atoms with Gasteiger partial charge in [-0.05, 0) is 12.1 Å². The molecule has 0 atom stereocenters. The Bertz CT molecular complexity index is 961. The van der Waals surface area contributed by atoms with Gasteiger partial charge in [0.2, 0.25) is 0 Å². The first-order valence-corrected chi connectivity index (χ1v) is 8.52. The lowest BCUT2D eigenvalue weighted by molar-refractivity contribution is 0.0299. The first-order valence-electron chi connectivity index (χ1n) is 8.52. The van der Waals surface area contributed by atoms with Crippen molar-refractivity contribution in [3.05, 3.63) is 42.2 Å². The van der Waals surface area contributed by atoms with Crippen LogP contribution in [0.1, 0.15) is 10.5 Å². The Balaban J connectivity index is 1.88. The smallest absolute Gasteiger partial charge is 0.272 e. The second-order valence-electron chi connectivity index (χ2n) is 6.17. The van der Waals surface area contributed by atoms with E-state index in [4.69, 9.17) is 9.47 Å². The molecule has 0 saturated carbocycles. The van der Waals surface area contributed by atoms with Gasteiger partial charge in [-0.1, -0.05) is 18.2 Å². The number of fused-ring (bicyclic) bond motifs is 1. The van der Waals surface area contributed by atoms with Gasteiger partial charge in [-0.2, -0.15) is 5.10 Å². The van der Waals surface area contributed by atoms with Crippen molar-refractivity contribution >= 4 is 16.9 Å². The minimum Gasteiger partial charge on any atom is -0.496 e. The summed E-state index contributed by atoms with van der Waals surface area (Å²) in [5, 5.41) is 5.20. The van der Waals surface area contributed by atoms with Gasteiger partial charge >= 0.3 is 0 Å². The fraction of sp³-hybridized carbons (Fsp3) is 0.316. The number of methoxy groups -OCH3 is 1. The maximum atomic E-state index is 13.0. The molecule has 134 valence electrons. The summed E-state index contributed by atoms with van der Waals surface area (Å²) in [5.41, 5.74) is 2.87. The van der Waals surface area contributed by atoms with Crippen molar-refractivity contribution in [2.75, 3.05) is 33.4 Å². The molecule has 7 nitrogen and oxygen atoms in total. The van der Waals surface area contributed by atoms with Gasteiger partial charge in [-0.15, -0.1) is 0 Å². The van der Waals surface area contributed by atoms with E-state index < -0.39 is 0 Å². The molecule has 0 radical (unpaired) electrons. The molecular formula is C19H20N4O3. The lowest BCUT2D eigenvalue weighted by Crippen LogP contribution is -2.41. The minimum atomic E-state index is -0.0902. The van der Waals surface area contributed by atoms with Gasteiger partial charge in [0, 0.05) is 36.7 Å². The van der Waals surface area contributed by atoms with Crippen LogP contribution in [0, 0.1) is 0 Å². The van der Waals surface area contributed by atoms with Crippen LogP contribution in [-0.2, 0) is 11.8 Å². The van der Waals surface area contributed by atoms with Crippen molar-refractivity contribution in [2.45, 2.75) is 0 Å². The van der Waals surface area contributed by atoms with E-state index in [1.165, 1.54) is 0 Å². The molecule has 0 aliphatic carbocycles. The van der Waals surface area contributed by atoms with E-state index in [-0.39, 0.29) is 5.91 Å². The Hall–Kier alpha value is -2.93. The molecule has 1 fully saturated rings. The standard InChI is InChI=1S/C19H20N4O3/c1-22-18-15(12-20-22)14(13-5-3-4-6-17(13)25-2)11-16(21-18)19(24)23-7-9-26-10-8-23/h3-6,11-12H,7-10H2,1-2H3. The van der Waals surface area contributed by atoms with Crippen LogP contribution >= 0.6 is 0 Å². The summed E-state index contributed by atoms with van der Waals surface area (Å²) in [7, 11) is 3.46. The summed E-state index contributed by atoms with van der Waals surface area (Å²) >= 11 is 0. The average molecular weight is 352 g/mol. The number of benzene rings is 1. The Labute approximate surface area is 151 Å². The number of ether oxygens (including phenoxy) is 2. The zero-order valence-electron chi connectivity index (χ0n) is 14.8. The van der Waals surface area contributed by atoms with Crippen molar-refractivity contribution in [1.82, 2.24) is 19.7 Å². The average Bonchev–Trinajstić information content (AvgIpc) is 3.08. The second kappa shape index (κ2) is 6.76. The highest BCUT2D eigenvalue weighted by atomic mass is 16.5. The van der Waals surface area contributed by atoms with Crippen LogP contribution in [0.15, 0.2) is 36.5 Å². The monoisotopic (exact) mass is 352 g/mol. The number of carbonyl (C=O) groups is 1. The van der Waals surface area contributed by atoms with Crippen molar-refractivity contribution in [1.29, 1.82) is 0 Å². The number of aryl methyl sites for hydroxylation is 1. The molecule has 3 heterocycles. The maximum Gasteiger partial charge on any atom is 0.272 e. The van der Waals surface area contributed by atoms with Crippen molar-refractivity contribution in [3.63, 3.8) is 0 Å². The number of aromatic nitrogens is 3. The highest BCUT2D eigenvalue weighted by molar-refractivity contribution is 6.01. The Morgan fingerprint density at radius 3 is 2.73 bits per heavy atom. The molecule has 1 aromatic carbocycles. The van der Waals surface area contributed by atoms with Gasteiger partial charge in [0.15, 0.2) is 5.65 Å². The molecule has 1 saturated heterocycles. The fourth-order valence-electron chi connectivity index (χ4n) is 3.24. The molecule has 0 N–H and O–H groups in total. The number of amides is 1. The van der Waals surface area contributed by atoms with Crippen LogP contribution in [0.3, 0.4) is 0 Å². The number of pyridine rings is 1. The van der Waals surface area contributed by atoms with Crippen LogP contribution in [-0.4, -0.2) is 59.0 Å². The summed E-state index contributed by atoms with van der Waals surface area (Å²) in [6.07, 6.45) is 1.77. The molecule has 3 aromatic rings. The van der Waals surface area contributed by atoms with E-state index in [1.54, 1.807) is 22.9 Å². The molecule has 1 aliphatic rings. The molecule has 7 heteroatoms. The lowest BCUT2D eigenvalue weighted by Gasteiger charge is -2.26. The molecule has 4 rings (SSSR count). The molecule has 1 aliphatic heterocycles. The van der Waals surface area contributed by atoms with Crippen molar-refractivity contribution in [3.8, 4) is 16.9 Å². The van der Waals surface area contributed by atoms with Crippen LogP contribution in [0.5, 0.6) is 5.75 Å². The van der Waals surface area contributed by atoms with E-state index in [1.807, 2.05) is 37.4 Å². The van der Waals surface area contributed by atoms with Gasteiger partial charge in [-0.25, -0.2) is 4.98 Å². The first kappa shape index (κ1) is 16.5. The van der Waals surface area contributed by atoms with Crippen LogP contribution in [0.4, 0.5) is 0 Å². The minimum absolute atomic E-state index is 0.0902. The highest BCUT2D eigenvalue weighted by Crippen LogP contribution is 2.35. The maximum absolute atomic E-state index is 13.0. The molecule has 0 unspecified atom stereocenters. The first-order chi connectivity index (χ1) is 12.7. The summed E-state index contributed by atoms with van der Waals surface area (Å²) < 4.78 is 12.5. The predicted molar refractivity (Wildman–Crippen MR) is 97.2 cm³/mol. The quantitative estimate of drug-likeness (QED) is 0.722. The van der Waals surface area contributed by atoms with E-state index in [9.17, 15) is 4.79 Å². The van der Waals surface area contributed by atoms with Crippen LogP contribution < -0.4 is 4.74 Å². The SMILES string of the molecule is COc1ccccc1-c1cc(C(=O)N2CCOCC2)nc2c1cnn2C. The number of hydrogen-bond donors (Lipinski definition) is 0. The van der Waals surface area contributed by atoms with Gasteiger partial charge in [0.25, 0.3) is 5.91 Å². The summed E-state index contributed by atoms with van der Waals surface area (Å²) in [5.74, 6) is 0.654. The third kappa shape index (κ3) is 2.80. The second-order valence-corrected chi connectivity index (χ2v) is 6.17. The Morgan fingerprint density at radius 1 is 1.19 bits per heavy atom. The van der Waals surface area contributed by atoms with Gasteiger partial charge < -0.3 is 14.4 Å². The third-order valence-corrected chi connectivity index (χ3v) is 4.62. The topological polar surface area (TPSA) is 69.5 Å². The molecule has 26 heavy (non-hydrogen) atoms. The molecule has 1 amide bonds. The lowest BCUT2D eigenvalue weighted by atomic mass is 10.0. The van der Waals surface area contributed by atoms with Gasteiger partial charge in [-0.3, -0.25) is 9.48 Å². The zero-order chi connectivity index (χ0) is 18.1.